The largest absolute Gasteiger partial charge is 0.465 e. The quantitative estimate of drug-likeness (QED) is 0.519. The van der Waals surface area contributed by atoms with Crippen LogP contribution in [-0.4, -0.2) is 37.2 Å². The topological polar surface area (TPSA) is 81.7 Å². The Kier molecular flexibility index (Phi) is 8.77. The van der Waals surface area contributed by atoms with Gasteiger partial charge in [0.15, 0.2) is 5.92 Å². The molecule has 0 aliphatic heterocycles. The van der Waals surface area contributed by atoms with Crippen LogP contribution in [-0.2, 0) is 30.4 Å². The van der Waals surface area contributed by atoms with Crippen LogP contribution in [0.3, 0.4) is 0 Å². The molecule has 0 radical (unpaired) electrons. The third-order valence-electron chi connectivity index (χ3n) is 3.63. The third-order valence-corrected chi connectivity index (χ3v) is 3.63. The molecule has 150 valence electrons. The molecule has 1 rings (SSSR count). The van der Waals surface area contributed by atoms with Gasteiger partial charge in [-0.15, -0.1) is 0 Å². The average molecular weight is 389 g/mol. The number of amides is 1. The standard InChI is InChI=1S/C18H22F3NO5/c1-3-26-16(24)13(17(25)27-4-2)10-14(18(19,20)21)15(23)22-11-12-8-6-5-7-9-12/h5-9,13-14H,3-4,10-11H2,1-2H3,(H,22,23). The number of hydrogen-bond donors (Lipinski definition) is 1. The molecule has 0 aromatic heterocycles. The Morgan fingerprint density at radius 1 is 1.00 bits per heavy atom. The fourth-order valence-corrected chi connectivity index (χ4v) is 2.31. The first-order valence-corrected chi connectivity index (χ1v) is 8.42. The number of alkyl halides is 3. The highest BCUT2D eigenvalue weighted by atomic mass is 19.4. The summed E-state index contributed by atoms with van der Waals surface area (Å²) in [6.45, 7) is 2.55. The van der Waals surface area contributed by atoms with Gasteiger partial charge >= 0.3 is 18.1 Å². The van der Waals surface area contributed by atoms with Gasteiger partial charge in [-0.3, -0.25) is 14.4 Å². The maximum absolute atomic E-state index is 13.4. The van der Waals surface area contributed by atoms with Crippen molar-refractivity contribution in [3.05, 3.63) is 35.9 Å². The Morgan fingerprint density at radius 3 is 1.96 bits per heavy atom. The summed E-state index contributed by atoms with van der Waals surface area (Å²) >= 11 is 0. The molecule has 0 heterocycles. The minimum absolute atomic E-state index is 0.115. The number of benzene rings is 1. The molecule has 9 heteroatoms. The number of rotatable bonds is 9. The van der Waals surface area contributed by atoms with Crippen molar-refractivity contribution < 1.29 is 37.0 Å². The van der Waals surface area contributed by atoms with Gasteiger partial charge in [0.2, 0.25) is 5.91 Å². The Morgan fingerprint density at radius 2 is 1.52 bits per heavy atom. The van der Waals surface area contributed by atoms with Crippen LogP contribution in [0, 0.1) is 11.8 Å². The van der Waals surface area contributed by atoms with Crippen LogP contribution in [0.15, 0.2) is 30.3 Å². The van der Waals surface area contributed by atoms with Gasteiger partial charge in [-0.1, -0.05) is 30.3 Å². The lowest BCUT2D eigenvalue weighted by Gasteiger charge is -2.23. The van der Waals surface area contributed by atoms with E-state index in [2.05, 4.69) is 14.8 Å². The van der Waals surface area contributed by atoms with E-state index in [1.54, 1.807) is 30.3 Å². The van der Waals surface area contributed by atoms with E-state index in [-0.39, 0.29) is 19.8 Å². The fourth-order valence-electron chi connectivity index (χ4n) is 2.31. The van der Waals surface area contributed by atoms with Crippen molar-refractivity contribution in [3.8, 4) is 0 Å². The molecule has 1 unspecified atom stereocenters. The minimum atomic E-state index is -4.95. The number of carbonyl (C=O) groups is 3. The predicted octanol–water partition coefficient (Wildman–Crippen LogP) is 2.61. The summed E-state index contributed by atoms with van der Waals surface area (Å²) < 4.78 is 49.5. The van der Waals surface area contributed by atoms with Gasteiger partial charge < -0.3 is 14.8 Å². The van der Waals surface area contributed by atoms with Crippen molar-refractivity contribution in [2.45, 2.75) is 33.0 Å². The van der Waals surface area contributed by atoms with E-state index in [0.29, 0.717) is 5.56 Å². The second kappa shape index (κ2) is 10.5. The Balaban J connectivity index is 2.93. The van der Waals surface area contributed by atoms with Crippen molar-refractivity contribution >= 4 is 17.8 Å². The summed E-state index contributed by atoms with van der Waals surface area (Å²) in [5.41, 5.74) is 0.610. The van der Waals surface area contributed by atoms with Crippen LogP contribution in [0.5, 0.6) is 0 Å². The lowest BCUT2D eigenvalue weighted by Crippen LogP contribution is -2.43. The van der Waals surface area contributed by atoms with E-state index in [4.69, 9.17) is 0 Å². The van der Waals surface area contributed by atoms with E-state index < -0.39 is 42.3 Å². The number of carbonyl (C=O) groups excluding carboxylic acids is 3. The molecule has 1 aromatic carbocycles. The Hall–Kier alpha value is -2.58. The summed E-state index contributed by atoms with van der Waals surface area (Å²) in [4.78, 5) is 35.9. The predicted molar refractivity (Wildman–Crippen MR) is 89.2 cm³/mol. The molecule has 0 saturated carbocycles. The van der Waals surface area contributed by atoms with Crippen LogP contribution in [0.25, 0.3) is 0 Å². The van der Waals surface area contributed by atoms with Gasteiger partial charge in [0, 0.05) is 6.54 Å². The first-order valence-electron chi connectivity index (χ1n) is 8.42. The van der Waals surface area contributed by atoms with Crippen LogP contribution in [0.4, 0.5) is 13.2 Å². The SMILES string of the molecule is CCOC(=O)C(CC(C(=O)NCc1ccccc1)C(F)(F)F)C(=O)OCC. The maximum atomic E-state index is 13.4. The summed E-state index contributed by atoms with van der Waals surface area (Å²) in [6, 6.07) is 8.37. The molecule has 0 fully saturated rings. The van der Waals surface area contributed by atoms with E-state index in [1.165, 1.54) is 13.8 Å². The second-order valence-electron chi connectivity index (χ2n) is 5.59. The molecule has 1 aromatic rings. The van der Waals surface area contributed by atoms with Crippen molar-refractivity contribution in [3.63, 3.8) is 0 Å². The molecule has 0 spiro atoms. The van der Waals surface area contributed by atoms with Gasteiger partial charge in [-0.25, -0.2) is 0 Å². The molecule has 0 saturated heterocycles. The van der Waals surface area contributed by atoms with Gasteiger partial charge in [0.05, 0.1) is 13.2 Å². The van der Waals surface area contributed by atoms with Crippen molar-refractivity contribution in [1.82, 2.24) is 5.32 Å². The van der Waals surface area contributed by atoms with Gasteiger partial charge in [-0.2, -0.15) is 13.2 Å². The number of esters is 2. The lowest BCUT2D eigenvalue weighted by molar-refractivity contribution is -0.189. The Labute approximate surface area is 155 Å². The molecule has 0 bridgehead atoms. The molecule has 1 amide bonds. The summed E-state index contributed by atoms with van der Waals surface area (Å²) in [6.07, 6.45) is -6.03. The zero-order valence-electron chi connectivity index (χ0n) is 15.0. The van der Waals surface area contributed by atoms with Gasteiger partial charge in [-0.05, 0) is 25.8 Å². The highest BCUT2D eigenvalue weighted by Crippen LogP contribution is 2.32. The summed E-state index contributed by atoms with van der Waals surface area (Å²) in [5, 5.41) is 2.19. The molecular weight excluding hydrogens is 367 g/mol. The average Bonchev–Trinajstić information content (AvgIpc) is 2.60. The highest BCUT2D eigenvalue weighted by molar-refractivity contribution is 5.95. The zero-order chi connectivity index (χ0) is 20.4. The summed E-state index contributed by atoms with van der Waals surface area (Å²) in [5.74, 6) is -8.02. The van der Waals surface area contributed by atoms with E-state index in [0.717, 1.165) is 0 Å². The van der Waals surface area contributed by atoms with Crippen LogP contribution in [0.2, 0.25) is 0 Å². The Bertz CT molecular complexity index is 616. The van der Waals surface area contributed by atoms with E-state index in [9.17, 15) is 27.6 Å². The molecular formula is C18H22F3NO5. The van der Waals surface area contributed by atoms with Gasteiger partial charge in [0.25, 0.3) is 0 Å². The lowest BCUT2D eigenvalue weighted by atomic mass is 9.93. The van der Waals surface area contributed by atoms with Crippen molar-refractivity contribution in [2.24, 2.45) is 11.8 Å². The number of nitrogens with one attached hydrogen (secondary N) is 1. The van der Waals surface area contributed by atoms with Crippen LogP contribution < -0.4 is 5.32 Å². The number of halogens is 3. The van der Waals surface area contributed by atoms with Crippen molar-refractivity contribution in [1.29, 1.82) is 0 Å². The zero-order valence-corrected chi connectivity index (χ0v) is 15.0. The molecule has 0 aliphatic carbocycles. The molecule has 1 atom stereocenters. The maximum Gasteiger partial charge on any atom is 0.400 e. The first kappa shape index (κ1) is 22.5. The normalized spacial score (nSPS) is 12.4. The molecule has 6 nitrogen and oxygen atoms in total. The summed E-state index contributed by atoms with van der Waals surface area (Å²) in [7, 11) is 0. The van der Waals surface area contributed by atoms with Crippen molar-refractivity contribution in [2.75, 3.05) is 13.2 Å². The second-order valence-corrected chi connectivity index (χ2v) is 5.59. The smallest absolute Gasteiger partial charge is 0.400 e. The van der Waals surface area contributed by atoms with Crippen LogP contribution >= 0.6 is 0 Å². The highest BCUT2D eigenvalue weighted by Gasteiger charge is 2.48. The molecule has 27 heavy (non-hydrogen) atoms. The fraction of sp³-hybridized carbons (Fsp3) is 0.500. The van der Waals surface area contributed by atoms with Gasteiger partial charge in [0.1, 0.15) is 5.92 Å². The monoisotopic (exact) mass is 389 g/mol. The van der Waals surface area contributed by atoms with E-state index >= 15 is 0 Å². The number of ether oxygens (including phenoxy) is 2. The minimum Gasteiger partial charge on any atom is -0.465 e. The molecule has 0 aliphatic rings. The molecule has 1 N–H and O–H groups in total. The number of hydrogen-bond acceptors (Lipinski definition) is 5. The first-order chi connectivity index (χ1) is 12.7. The third kappa shape index (κ3) is 7.28. The van der Waals surface area contributed by atoms with E-state index in [1.807, 2.05) is 0 Å². The van der Waals surface area contributed by atoms with Crippen LogP contribution in [0.1, 0.15) is 25.8 Å².